The Labute approximate surface area is 311 Å². The van der Waals surface area contributed by atoms with Gasteiger partial charge in [-0.1, -0.05) is 170 Å². The Morgan fingerprint density at radius 3 is 1.04 bits per heavy atom. The van der Waals surface area contributed by atoms with Gasteiger partial charge in [0.25, 0.3) is 0 Å². The molecule has 0 aliphatic heterocycles. The molecule has 0 amide bonds. The second-order valence-corrected chi connectivity index (χ2v) is 13.4. The van der Waals surface area contributed by atoms with Gasteiger partial charge in [-0.15, -0.1) is 0 Å². The molecule has 0 N–H and O–H groups in total. The van der Waals surface area contributed by atoms with Gasteiger partial charge in [0.2, 0.25) is 0 Å². The SMILES string of the molecule is c1ccc(-c2ccc(-c3ccc(N(c4ccccc4)c4ccc(-c5cc6ccccc6cc5-c5ccccc5)cc4)cc3)c(-c3ccccc3)c2)cc1. The van der Waals surface area contributed by atoms with Crippen molar-refractivity contribution in [2.75, 3.05) is 4.90 Å². The van der Waals surface area contributed by atoms with Gasteiger partial charge in [0, 0.05) is 17.1 Å². The Morgan fingerprint density at radius 1 is 0.208 bits per heavy atom. The molecule has 0 atom stereocenters. The molecule has 1 heteroatoms. The van der Waals surface area contributed by atoms with Crippen LogP contribution in [0.2, 0.25) is 0 Å². The van der Waals surface area contributed by atoms with Crippen LogP contribution in [-0.2, 0) is 0 Å². The van der Waals surface area contributed by atoms with Gasteiger partial charge in [-0.25, -0.2) is 0 Å². The standard InChI is InChI=1S/C52H37N/c1-5-15-38(16-6-1)45-29-34-49(50(37-45)39-17-7-2-8-18-39)41-25-30-47(31-26-41)53(46-23-11-4-12-24-46)48-32-27-42(28-33-48)52-36-44-22-14-13-21-43(44)35-51(52)40-19-9-3-10-20-40/h1-37H. The Morgan fingerprint density at radius 2 is 0.547 bits per heavy atom. The summed E-state index contributed by atoms with van der Waals surface area (Å²) in [6, 6.07) is 80.8. The zero-order valence-corrected chi connectivity index (χ0v) is 29.3. The molecule has 9 aromatic carbocycles. The van der Waals surface area contributed by atoms with E-state index in [0.717, 1.165) is 17.1 Å². The highest BCUT2D eigenvalue weighted by Crippen LogP contribution is 2.41. The summed E-state index contributed by atoms with van der Waals surface area (Å²) in [7, 11) is 0. The summed E-state index contributed by atoms with van der Waals surface area (Å²) in [5.74, 6) is 0. The Bertz CT molecular complexity index is 2610. The van der Waals surface area contributed by atoms with Crippen LogP contribution in [0.5, 0.6) is 0 Å². The van der Waals surface area contributed by atoms with Gasteiger partial charge in [-0.3, -0.25) is 0 Å². The number of benzene rings is 9. The molecule has 0 aliphatic rings. The minimum atomic E-state index is 1.10. The number of hydrogen-bond donors (Lipinski definition) is 0. The lowest BCUT2D eigenvalue weighted by molar-refractivity contribution is 1.28. The van der Waals surface area contributed by atoms with Crippen LogP contribution in [0.3, 0.4) is 0 Å². The van der Waals surface area contributed by atoms with E-state index in [2.05, 4.69) is 229 Å². The van der Waals surface area contributed by atoms with Crippen LogP contribution >= 0.6 is 0 Å². The monoisotopic (exact) mass is 675 g/mol. The van der Waals surface area contributed by atoms with Crippen molar-refractivity contribution >= 4 is 27.8 Å². The molecule has 9 rings (SSSR count). The summed E-state index contributed by atoms with van der Waals surface area (Å²) in [5, 5.41) is 2.48. The van der Waals surface area contributed by atoms with Crippen molar-refractivity contribution < 1.29 is 0 Å². The third-order valence-electron chi connectivity index (χ3n) is 10.1. The maximum absolute atomic E-state index is 2.34. The van der Waals surface area contributed by atoms with E-state index in [1.165, 1.54) is 66.4 Å². The van der Waals surface area contributed by atoms with E-state index in [1.54, 1.807) is 0 Å². The molecule has 9 aromatic rings. The lowest BCUT2D eigenvalue weighted by Crippen LogP contribution is -2.09. The molecule has 53 heavy (non-hydrogen) atoms. The van der Waals surface area contributed by atoms with E-state index in [1.807, 2.05) is 0 Å². The molecule has 0 spiro atoms. The lowest BCUT2D eigenvalue weighted by atomic mass is 9.91. The Hall–Kier alpha value is -6.96. The molecule has 0 heterocycles. The van der Waals surface area contributed by atoms with E-state index in [-0.39, 0.29) is 0 Å². The van der Waals surface area contributed by atoms with Gasteiger partial charge < -0.3 is 4.90 Å². The Kier molecular flexibility index (Phi) is 8.66. The lowest BCUT2D eigenvalue weighted by Gasteiger charge is -2.26. The normalized spacial score (nSPS) is 11.0. The van der Waals surface area contributed by atoms with Gasteiger partial charge >= 0.3 is 0 Å². The number of nitrogens with zero attached hydrogens (tertiary/aromatic N) is 1. The van der Waals surface area contributed by atoms with Crippen molar-refractivity contribution in [2.45, 2.75) is 0 Å². The second kappa shape index (κ2) is 14.3. The van der Waals surface area contributed by atoms with Gasteiger partial charge in [0.05, 0.1) is 0 Å². The first kappa shape index (κ1) is 32.0. The average Bonchev–Trinajstić information content (AvgIpc) is 3.25. The van der Waals surface area contributed by atoms with Gasteiger partial charge in [-0.2, -0.15) is 0 Å². The molecule has 0 radical (unpaired) electrons. The summed E-state index contributed by atoms with van der Waals surface area (Å²) < 4.78 is 0. The molecule has 250 valence electrons. The summed E-state index contributed by atoms with van der Waals surface area (Å²) in [6.45, 7) is 0. The molecule has 0 unspecified atom stereocenters. The van der Waals surface area contributed by atoms with Crippen molar-refractivity contribution in [3.63, 3.8) is 0 Å². The van der Waals surface area contributed by atoms with Crippen molar-refractivity contribution in [1.82, 2.24) is 0 Å². The largest absolute Gasteiger partial charge is 0.311 e. The molecule has 0 fully saturated rings. The Balaban J connectivity index is 1.10. The highest BCUT2D eigenvalue weighted by Gasteiger charge is 2.16. The zero-order chi connectivity index (χ0) is 35.4. The first-order valence-corrected chi connectivity index (χ1v) is 18.2. The smallest absolute Gasteiger partial charge is 0.0462 e. The summed E-state index contributed by atoms with van der Waals surface area (Å²) in [5.41, 5.74) is 15.4. The highest BCUT2D eigenvalue weighted by molar-refractivity contribution is 5.97. The van der Waals surface area contributed by atoms with Crippen molar-refractivity contribution in [3.05, 3.63) is 224 Å². The minimum Gasteiger partial charge on any atom is -0.311 e. The fourth-order valence-corrected chi connectivity index (χ4v) is 7.40. The van der Waals surface area contributed by atoms with Crippen LogP contribution in [-0.4, -0.2) is 0 Å². The minimum absolute atomic E-state index is 1.10. The van der Waals surface area contributed by atoms with Gasteiger partial charge in [-0.05, 0) is 121 Å². The van der Waals surface area contributed by atoms with Crippen molar-refractivity contribution in [3.8, 4) is 55.6 Å². The van der Waals surface area contributed by atoms with E-state index in [4.69, 9.17) is 0 Å². The first-order chi connectivity index (χ1) is 26.3. The van der Waals surface area contributed by atoms with E-state index < -0.39 is 0 Å². The fraction of sp³-hybridized carbons (Fsp3) is 0. The summed E-state index contributed by atoms with van der Waals surface area (Å²) in [6.07, 6.45) is 0. The number of fused-ring (bicyclic) bond motifs is 1. The molecular formula is C52H37N. The predicted molar refractivity (Wildman–Crippen MR) is 226 cm³/mol. The molecule has 1 nitrogen and oxygen atoms in total. The number of hydrogen-bond acceptors (Lipinski definition) is 1. The van der Waals surface area contributed by atoms with Gasteiger partial charge in [0.1, 0.15) is 0 Å². The van der Waals surface area contributed by atoms with E-state index in [9.17, 15) is 0 Å². The van der Waals surface area contributed by atoms with Crippen LogP contribution in [0.1, 0.15) is 0 Å². The quantitative estimate of drug-likeness (QED) is 0.155. The first-order valence-electron chi connectivity index (χ1n) is 18.2. The van der Waals surface area contributed by atoms with E-state index >= 15 is 0 Å². The van der Waals surface area contributed by atoms with Crippen LogP contribution in [0.25, 0.3) is 66.4 Å². The second-order valence-electron chi connectivity index (χ2n) is 13.4. The highest BCUT2D eigenvalue weighted by atomic mass is 15.1. The van der Waals surface area contributed by atoms with Crippen molar-refractivity contribution in [1.29, 1.82) is 0 Å². The topological polar surface area (TPSA) is 3.24 Å². The predicted octanol–water partition coefficient (Wildman–Crippen LogP) is 14.6. The molecule has 0 bridgehead atoms. The third-order valence-corrected chi connectivity index (χ3v) is 10.1. The molecular weight excluding hydrogens is 639 g/mol. The van der Waals surface area contributed by atoms with Crippen molar-refractivity contribution in [2.24, 2.45) is 0 Å². The third kappa shape index (κ3) is 6.53. The fourth-order valence-electron chi connectivity index (χ4n) is 7.40. The molecule has 0 aromatic heterocycles. The van der Waals surface area contributed by atoms with Crippen LogP contribution < -0.4 is 4.90 Å². The average molecular weight is 676 g/mol. The molecule has 0 saturated heterocycles. The number of rotatable bonds is 8. The maximum Gasteiger partial charge on any atom is 0.0462 e. The van der Waals surface area contributed by atoms with Crippen LogP contribution in [0.4, 0.5) is 17.1 Å². The summed E-state index contributed by atoms with van der Waals surface area (Å²) in [4.78, 5) is 2.34. The summed E-state index contributed by atoms with van der Waals surface area (Å²) >= 11 is 0. The molecule has 0 saturated carbocycles. The zero-order valence-electron chi connectivity index (χ0n) is 29.3. The number of anilines is 3. The maximum atomic E-state index is 2.34. The number of para-hydroxylation sites is 1. The van der Waals surface area contributed by atoms with E-state index in [0.29, 0.717) is 0 Å². The van der Waals surface area contributed by atoms with Crippen LogP contribution in [0.15, 0.2) is 224 Å². The van der Waals surface area contributed by atoms with Crippen LogP contribution in [0, 0.1) is 0 Å². The molecule has 0 aliphatic carbocycles. The van der Waals surface area contributed by atoms with Gasteiger partial charge in [0.15, 0.2) is 0 Å².